The largest absolute Gasteiger partial charge is 0.467 e. The number of rotatable bonds is 6. The van der Waals surface area contributed by atoms with Gasteiger partial charge in [0.05, 0.1) is 25.0 Å². The minimum Gasteiger partial charge on any atom is -0.467 e. The zero-order chi connectivity index (χ0) is 13.7. The highest BCUT2D eigenvalue weighted by atomic mass is 16.3. The van der Waals surface area contributed by atoms with Gasteiger partial charge in [-0.15, -0.1) is 0 Å². The molecule has 0 saturated carbocycles. The Morgan fingerprint density at radius 2 is 2.37 bits per heavy atom. The van der Waals surface area contributed by atoms with Crippen LogP contribution in [0.1, 0.15) is 18.2 Å². The molecule has 0 spiro atoms. The van der Waals surface area contributed by atoms with Crippen LogP contribution < -0.4 is 10.6 Å². The monoisotopic (exact) mass is 262 g/mol. The molecule has 0 aliphatic rings. The summed E-state index contributed by atoms with van der Waals surface area (Å²) in [4.78, 5) is 11.8. The summed E-state index contributed by atoms with van der Waals surface area (Å²) in [5.41, 5.74) is 1.05. The molecule has 6 nitrogen and oxygen atoms in total. The zero-order valence-electron chi connectivity index (χ0n) is 11.1. The molecule has 2 N–H and O–H groups in total. The van der Waals surface area contributed by atoms with Crippen LogP contribution in [-0.4, -0.2) is 21.7 Å². The first-order chi connectivity index (χ1) is 9.15. The SMILES string of the molecule is CC(NCc1cnn(C)c1)C(=O)NCc1ccco1. The topological polar surface area (TPSA) is 72.1 Å². The average Bonchev–Trinajstić information content (AvgIpc) is 3.04. The van der Waals surface area contributed by atoms with Crippen LogP contribution in [0, 0.1) is 0 Å². The van der Waals surface area contributed by atoms with Crippen molar-refractivity contribution < 1.29 is 9.21 Å². The normalized spacial score (nSPS) is 12.3. The first-order valence-corrected chi connectivity index (χ1v) is 6.16. The van der Waals surface area contributed by atoms with Gasteiger partial charge < -0.3 is 15.1 Å². The smallest absolute Gasteiger partial charge is 0.237 e. The summed E-state index contributed by atoms with van der Waals surface area (Å²) < 4.78 is 6.88. The molecule has 2 aromatic heterocycles. The molecule has 1 atom stereocenters. The van der Waals surface area contributed by atoms with Crippen LogP contribution in [0.25, 0.3) is 0 Å². The molecule has 0 saturated heterocycles. The maximum atomic E-state index is 11.8. The number of hydrogen-bond donors (Lipinski definition) is 2. The second-order valence-electron chi connectivity index (χ2n) is 4.42. The number of furan rings is 1. The first-order valence-electron chi connectivity index (χ1n) is 6.16. The Bertz CT molecular complexity index is 518. The van der Waals surface area contributed by atoms with Gasteiger partial charge in [-0.2, -0.15) is 5.10 Å². The molecule has 102 valence electrons. The number of nitrogens with zero attached hydrogens (tertiary/aromatic N) is 2. The first kappa shape index (κ1) is 13.4. The van der Waals surface area contributed by atoms with Crippen molar-refractivity contribution in [2.45, 2.75) is 26.1 Å². The third-order valence-corrected chi connectivity index (χ3v) is 2.78. The van der Waals surface area contributed by atoms with E-state index in [4.69, 9.17) is 4.42 Å². The maximum absolute atomic E-state index is 11.8. The Kier molecular flexibility index (Phi) is 4.35. The van der Waals surface area contributed by atoms with E-state index >= 15 is 0 Å². The van der Waals surface area contributed by atoms with E-state index in [1.54, 1.807) is 23.2 Å². The lowest BCUT2D eigenvalue weighted by atomic mass is 10.2. The fourth-order valence-electron chi connectivity index (χ4n) is 1.67. The minimum atomic E-state index is -0.268. The molecule has 0 radical (unpaired) electrons. The minimum absolute atomic E-state index is 0.0553. The summed E-state index contributed by atoms with van der Waals surface area (Å²) in [5.74, 6) is 0.688. The molecular weight excluding hydrogens is 244 g/mol. The number of aryl methyl sites for hydroxylation is 1. The fourth-order valence-corrected chi connectivity index (χ4v) is 1.67. The summed E-state index contributed by atoms with van der Waals surface area (Å²) in [6.07, 6.45) is 5.28. The lowest BCUT2D eigenvalue weighted by Gasteiger charge is -2.12. The molecule has 2 rings (SSSR count). The van der Waals surface area contributed by atoms with Gasteiger partial charge in [-0.25, -0.2) is 0 Å². The van der Waals surface area contributed by atoms with Crippen molar-refractivity contribution in [2.24, 2.45) is 7.05 Å². The van der Waals surface area contributed by atoms with Gasteiger partial charge in [0, 0.05) is 25.4 Å². The quantitative estimate of drug-likeness (QED) is 0.808. The van der Waals surface area contributed by atoms with Crippen molar-refractivity contribution in [3.05, 3.63) is 42.1 Å². The molecule has 2 heterocycles. The van der Waals surface area contributed by atoms with Crippen LogP contribution in [-0.2, 0) is 24.9 Å². The van der Waals surface area contributed by atoms with E-state index in [1.165, 1.54) is 0 Å². The molecule has 6 heteroatoms. The average molecular weight is 262 g/mol. The lowest BCUT2D eigenvalue weighted by Crippen LogP contribution is -2.41. The summed E-state index contributed by atoms with van der Waals surface area (Å²) in [6.45, 7) is 2.85. The van der Waals surface area contributed by atoms with Gasteiger partial charge in [-0.1, -0.05) is 0 Å². The van der Waals surface area contributed by atoms with Crippen molar-refractivity contribution in [1.29, 1.82) is 0 Å². The molecular formula is C13H18N4O2. The molecule has 1 amide bonds. The number of carbonyl (C=O) groups is 1. The number of nitrogens with one attached hydrogen (secondary N) is 2. The highest BCUT2D eigenvalue weighted by molar-refractivity contribution is 5.81. The van der Waals surface area contributed by atoms with Crippen molar-refractivity contribution in [2.75, 3.05) is 0 Å². The predicted molar refractivity (Wildman–Crippen MR) is 70.1 cm³/mol. The maximum Gasteiger partial charge on any atom is 0.237 e. The number of amides is 1. The van der Waals surface area contributed by atoms with E-state index in [1.807, 2.05) is 26.2 Å². The Balaban J connectivity index is 1.73. The molecule has 0 aromatic carbocycles. The van der Waals surface area contributed by atoms with Gasteiger partial charge in [0.2, 0.25) is 5.91 Å². The van der Waals surface area contributed by atoms with Gasteiger partial charge in [0.25, 0.3) is 0 Å². The summed E-state index contributed by atoms with van der Waals surface area (Å²) in [5, 5.41) is 10.0. The van der Waals surface area contributed by atoms with Crippen LogP contribution in [0.4, 0.5) is 0 Å². The number of hydrogen-bond acceptors (Lipinski definition) is 4. The van der Waals surface area contributed by atoms with Crippen molar-refractivity contribution >= 4 is 5.91 Å². The van der Waals surface area contributed by atoms with Gasteiger partial charge in [-0.05, 0) is 19.1 Å². The third kappa shape index (κ3) is 3.96. The van der Waals surface area contributed by atoms with E-state index < -0.39 is 0 Å². The van der Waals surface area contributed by atoms with E-state index in [9.17, 15) is 4.79 Å². The van der Waals surface area contributed by atoms with Crippen LogP contribution in [0.2, 0.25) is 0 Å². The van der Waals surface area contributed by atoms with Crippen LogP contribution in [0.5, 0.6) is 0 Å². The summed E-state index contributed by atoms with van der Waals surface area (Å²) in [6, 6.07) is 3.36. The Morgan fingerprint density at radius 3 is 3.00 bits per heavy atom. The Labute approximate surface area is 111 Å². The highest BCUT2D eigenvalue weighted by Crippen LogP contribution is 1.99. The fraction of sp³-hybridized carbons (Fsp3) is 0.385. The molecule has 2 aromatic rings. The lowest BCUT2D eigenvalue weighted by molar-refractivity contribution is -0.123. The van der Waals surface area contributed by atoms with Crippen molar-refractivity contribution in [3.8, 4) is 0 Å². The molecule has 0 aliphatic carbocycles. The second-order valence-corrected chi connectivity index (χ2v) is 4.42. The molecule has 0 fully saturated rings. The van der Waals surface area contributed by atoms with Gasteiger partial charge in [0.15, 0.2) is 0 Å². The highest BCUT2D eigenvalue weighted by Gasteiger charge is 2.12. The molecule has 1 unspecified atom stereocenters. The van der Waals surface area contributed by atoms with E-state index in [2.05, 4.69) is 15.7 Å². The molecule has 0 aliphatic heterocycles. The summed E-state index contributed by atoms with van der Waals surface area (Å²) >= 11 is 0. The van der Waals surface area contributed by atoms with Crippen molar-refractivity contribution in [3.63, 3.8) is 0 Å². The van der Waals surface area contributed by atoms with Crippen molar-refractivity contribution in [1.82, 2.24) is 20.4 Å². The third-order valence-electron chi connectivity index (χ3n) is 2.78. The van der Waals surface area contributed by atoms with E-state index in [-0.39, 0.29) is 11.9 Å². The standard InChI is InChI=1S/C13H18N4O2/c1-10(14-6-11-7-16-17(2)9-11)13(18)15-8-12-4-3-5-19-12/h3-5,7,9-10,14H,6,8H2,1-2H3,(H,15,18). The number of aromatic nitrogens is 2. The number of carbonyl (C=O) groups excluding carboxylic acids is 1. The van der Waals surface area contributed by atoms with Gasteiger partial charge >= 0.3 is 0 Å². The Morgan fingerprint density at radius 1 is 1.53 bits per heavy atom. The summed E-state index contributed by atoms with van der Waals surface area (Å²) in [7, 11) is 1.86. The van der Waals surface area contributed by atoms with Crippen LogP contribution >= 0.6 is 0 Å². The van der Waals surface area contributed by atoms with Gasteiger partial charge in [-0.3, -0.25) is 9.48 Å². The van der Waals surface area contributed by atoms with Crippen LogP contribution in [0.15, 0.2) is 35.2 Å². The van der Waals surface area contributed by atoms with Crippen LogP contribution in [0.3, 0.4) is 0 Å². The van der Waals surface area contributed by atoms with E-state index in [0.29, 0.717) is 13.1 Å². The van der Waals surface area contributed by atoms with E-state index in [0.717, 1.165) is 11.3 Å². The molecule has 0 bridgehead atoms. The van der Waals surface area contributed by atoms with Gasteiger partial charge in [0.1, 0.15) is 5.76 Å². The second kappa shape index (κ2) is 6.19. The Hall–Kier alpha value is -2.08. The molecule has 19 heavy (non-hydrogen) atoms. The predicted octanol–water partition coefficient (Wildman–Crippen LogP) is 0.808. The zero-order valence-corrected chi connectivity index (χ0v) is 11.1.